The average Bonchev–Trinajstić information content (AvgIpc) is 3.15. The molecule has 1 amide bonds. The van der Waals surface area contributed by atoms with Crippen LogP contribution >= 0.6 is 0 Å². The smallest absolute Gasteiger partial charge is 0.412 e. The van der Waals surface area contributed by atoms with Crippen LogP contribution in [0.25, 0.3) is 0 Å². The van der Waals surface area contributed by atoms with E-state index < -0.39 is 17.6 Å². The summed E-state index contributed by atoms with van der Waals surface area (Å²) < 4.78 is 0. The average molecular weight is 488 g/mol. The molecule has 5 rings (SSSR count). The SMILES string of the molecule is CC(=O)O/N=C1/C=C2CC[C@@H]3C(=C2CC1)CC[C@@]1(C)[C@H]3CC[C@]1(CC#N)N(C(=O)O)c1ccccc1. The molecule has 1 N–H and O–H groups in total. The molecule has 4 atom stereocenters. The van der Waals surface area contributed by atoms with E-state index in [1.54, 1.807) is 0 Å². The van der Waals surface area contributed by atoms with Crippen molar-refractivity contribution in [1.29, 1.82) is 5.26 Å². The number of benzene rings is 1. The molecule has 7 heteroatoms. The van der Waals surface area contributed by atoms with Crippen LogP contribution in [-0.4, -0.2) is 28.4 Å². The van der Waals surface area contributed by atoms with Crippen LogP contribution in [0.2, 0.25) is 0 Å². The topological polar surface area (TPSA) is 103 Å². The highest BCUT2D eigenvalue weighted by Gasteiger charge is 2.64. The second-order valence-electron chi connectivity index (χ2n) is 10.9. The van der Waals surface area contributed by atoms with Crippen molar-refractivity contribution in [2.24, 2.45) is 22.4 Å². The van der Waals surface area contributed by atoms with Gasteiger partial charge in [-0.15, -0.1) is 0 Å². The summed E-state index contributed by atoms with van der Waals surface area (Å²) in [6.45, 7) is 3.60. The summed E-state index contributed by atoms with van der Waals surface area (Å²) >= 11 is 0. The van der Waals surface area contributed by atoms with Crippen molar-refractivity contribution < 1.29 is 19.5 Å². The Labute approximate surface area is 212 Å². The second kappa shape index (κ2) is 9.24. The molecule has 4 aliphatic rings. The normalized spacial score (nSPS) is 32.0. The van der Waals surface area contributed by atoms with Gasteiger partial charge in [-0.2, -0.15) is 5.26 Å². The van der Waals surface area contributed by atoms with Crippen molar-refractivity contribution in [2.75, 3.05) is 4.90 Å². The van der Waals surface area contributed by atoms with Gasteiger partial charge in [-0.25, -0.2) is 9.59 Å². The van der Waals surface area contributed by atoms with Gasteiger partial charge in [0.2, 0.25) is 0 Å². The number of oxime groups is 1. The molecule has 1 aromatic rings. The lowest BCUT2D eigenvalue weighted by Crippen LogP contribution is -2.61. The van der Waals surface area contributed by atoms with E-state index in [0.29, 0.717) is 23.9 Å². The first-order chi connectivity index (χ1) is 17.3. The lowest BCUT2D eigenvalue weighted by Gasteiger charge is -2.56. The molecule has 2 fully saturated rings. The largest absolute Gasteiger partial charge is 0.465 e. The zero-order valence-corrected chi connectivity index (χ0v) is 21.0. The first-order valence-corrected chi connectivity index (χ1v) is 12.9. The third kappa shape index (κ3) is 3.75. The first-order valence-electron chi connectivity index (χ1n) is 12.9. The van der Waals surface area contributed by atoms with Crippen LogP contribution in [0.4, 0.5) is 10.5 Å². The third-order valence-corrected chi connectivity index (χ3v) is 9.37. The van der Waals surface area contributed by atoms with E-state index in [4.69, 9.17) is 4.84 Å². The molecular formula is C29H33N3O4. The molecule has 2 saturated carbocycles. The Morgan fingerprint density at radius 3 is 2.64 bits per heavy atom. The van der Waals surface area contributed by atoms with Gasteiger partial charge in [-0.3, -0.25) is 4.90 Å². The van der Waals surface area contributed by atoms with Gasteiger partial charge >= 0.3 is 12.1 Å². The Balaban J connectivity index is 1.52. The summed E-state index contributed by atoms with van der Waals surface area (Å²) in [5.74, 6) is 0.341. The number of para-hydroxylation sites is 1. The van der Waals surface area contributed by atoms with E-state index in [-0.39, 0.29) is 11.8 Å². The van der Waals surface area contributed by atoms with Crippen LogP contribution in [0.1, 0.15) is 71.6 Å². The van der Waals surface area contributed by atoms with Crippen LogP contribution in [0.3, 0.4) is 0 Å². The van der Waals surface area contributed by atoms with E-state index in [1.165, 1.54) is 28.5 Å². The fourth-order valence-electron chi connectivity index (χ4n) is 7.83. The lowest BCUT2D eigenvalue weighted by atomic mass is 9.53. The summed E-state index contributed by atoms with van der Waals surface area (Å²) in [7, 11) is 0. The number of hydrogen-bond acceptors (Lipinski definition) is 5. The number of anilines is 1. The number of allylic oxidation sites excluding steroid dienone is 4. The molecule has 0 aliphatic heterocycles. The van der Waals surface area contributed by atoms with Gasteiger partial charge in [-0.05, 0) is 98.0 Å². The highest BCUT2D eigenvalue weighted by atomic mass is 16.7. The summed E-state index contributed by atoms with van der Waals surface area (Å²) in [6, 6.07) is 11.7. The molecule has 0 aromatic heterocycles. The fourth-order valence-corrected chi connectivity index (χ4v) is 7.83. The van der Waals surface area contributed by atoms with E-state index >= 15 is 0 Å². The Bertz CT molecular complexity index is 1210. The molecule has 0 radical (unpaired) electrons. The Kier molecular flexibility index (Phi) is 6.23. The molecule has 0 bridgehead atoms. The molecule has 0 spiro atoms. The predicted octanol–water partition coefficient (Wildman–Crippen LogP) is 6.38. The van der Waals surface area contributed by atoms with Crippen LogP contribution in [-0.2, 0) is 9.63 Å². The van der Waals surface area contributed by atoms with Crippen LogP contribution < -0.4 is 4.90 Å². The Morgan fingerprint density at radius 2 is 1.94 bits per heavy atom. The number of carbonyl (C=O) groups excluding carboxylic acids is 1. The van der Waals surface area contributed by atoms with E-state index in [9.17, 15) is 20.0 Å². The highest BCUT2D eigenvalue weighted by molar-refractivity contribution is 5.97. The summed E-state index contributed by atoms with van der Waals surface area (Å²) in [6.07, 6.45) is 8.34. The molecule has 36 heavy (non-hydrogen) atoms. The molecule has 4 aliphatic carbocycles. The van der Waals surface area contributed by atoms with Crippen LogP contribution in [0.5, 0.6) is 0 Å². The quantitative estimate of drug-likeness (QED) is 0.392. The van der Waals surface area contributed by atoms with Gasteiger partial charge in [-0.1, -0.05) is 35.9 Å². The standard InChI is InChI=1S/C29H33N3O4/c1-19(33)36-31-21-9-11-23-20(18-21)8-10-25-24(23)12-14-28(2)26(25)13-15-29(28,16-17-30)32(27(34)35)22-6-4-3-5-7-22/h3-7,18,25-26H,8-16H2,1-2H3,(H,34,35)/b31-21+/t25-,26+,28+,29-/m1/s1. The maximum absolute atomic E-state index is 12.7. The van der Waals surface area contributed by atoms with Crippen molar-refractivity contribution in [3.05, 3.63) is 53.1 Å². The van der Waals surface area contributed by atoms with Gasteiger partial charge in [0.15, 0.2) is 0 Å². The summed E-state index contributed by atoms with van der Waals surface area (Å²) in [5, 5.41) is 24.4. The molecule has 7 nitrogen and oxygen atoms in total. The van der Waals surface area contributed by atoms with Gasteiger partial charge in [0.05, 0.1) is 23.7 Å². The van der Waals surface area contributed by atoms with Gasteiger partial charge in [0.25, 0.3) is 0 Å². The van der Waals surface area contributed by atoms with Crippen molar-refractivity contribution >= 4 is 23.5 Å². The van der Waals surface area contributed by atoms with Crippen LogP contribution in [0.15, 0.2) is 58.3 Å². The van der Waals surface area contributed by atoms with E-state index in [0.717, 1.165) is 50.7 Å². The number of hydrogen-bond donors (Lipinski definition) is 1. The molecule has 0 saturated heterocycles. The van der Waals surface area contributed by atoms with Gasteiger partial charge < -0.3 is 9.94 Å². The number of fused-ring (bicyclic) bond motifs is 4. The minimum Gasteiger partial charge on any atom is -0.465 e. The van der Waals surface area contributed by atoms with Crippen molar-refractivity contribution in [1.82, 2.24) is 0 Å². The minimum atomic E-state index is -0.983. The lowest BCUT2D eigenvalue weighted by molar-refractivity contribution is -0.140. The van der Waals surface area contributed by atoms with Gasteiger partial charge in [0, 0.05) is 12.6 Å². The zero-order valence-electron chi connectivity index (χ0n) is 21.0. The number of carboxylic acid groups (broad SMARTS) is 1. The number of nitriles is 1. The first kappa shape index (κ1) is 24.3. The molecular weight excluding hydrogens is 454 g/mol. The summed E-state index contributed by atoms with van der Waals surface area (Å²) in [5.41, 5.74) is 4.69. The molecule has 0 unspecified atom stereocenters. The van der Waals surface area contributed by atoms with Gasteiger partial charge in [0.1, 0.15) is 0 Å². The Hall–Kier alpha value is -3.40. The minimum absolute atomic E-state index is 0.195. The van der Waals surface area contributed by atoms with Crippen molar-refractivity contribution in [3.8, 4) is 6.07 Å². The maximum atomic E-state index is 12.7. The number of amides is 1. The monoisotopic (exact) mass is 487 g/mol. The molecule has 1 aromatic carbocycles. The molecule has 0 heterocycles. The number of carbonyl (C=O) groups is 2. The maximum Gasteiger partial charge on any atom is 0.412 e. The zero-order chi connectivity index (χ0) is 25.5. The number of nitrogens with zero attached hydrogens (tertiary/aromatic N) is 3. The van der Waals surface area contributed by atoms with Crippen LogP contribution in [0, 0.1) is 28.6 Å². The molecule has 188 valence electrons. The van der Waals surface area contributed by atoms with E-state index in [1.807, 2.05) is 30.3 Å². The third-order valence-electron chi connectivity index (χ3n) is 9.37. The summed E-state index contributed by atoms with van der Waals surface area (Å²) in [4.78, 5) is 30.3. The predicted molar refractivity (Wildman–Crippen MR) is 136 cm³/mol. The Morgan fingerprint density at radius 1 is 1.17 bits per heavy atom. The van der Waals surface area contributed by atoms with Crippen molar-refractivity contribution in [2.45, 2.75) is 77.2 Å². The van der Waals surface area contributed by atoms with Crippen molar-refractivity contribution in [3.63, 3.8) is 0 Å². The second-order valence-corrected chi connectivity index (χ2v) is 10.9. The van der Waals surface area contributed by atoms with E-state index in [2.05, 4.69) is 24.2 Å². The number of rotatable bonds is 4. The highest BCUT2D eigenvalue weighted by Crippen LogP contribution is 2.66. The fraction of sp³-hybridized carbons (Fsp3) is 0.517.